The highest BCUT2D eigenvalue weighted by molar-refractivity contribution is 5.92. The van der Waals surface area contributed by atoms with Gasteiger partial charge in [0.25, 0.3) is 5.91 Å². The van der Waals surface area contributed by atoms with Crippen LogP contribution in [0.2, 0.25) is 0 Å². The van der Waals surface area contributed by atoms with Crippen molar-refractivity contribution in [2.75, 3.05) is 0 Å². The maximum atomic E-state index is 12.9. The van der Waals surface area contributed by atoms with Crippen LogP contribution in [0.3, 0.4) is 0 Å². The van der Waals surface area contributed by atoms with Crippen molar-refractivity contribution < 1.29 is 18.0 Å². The van der Waals surface area contributed by atoms with Crippen LogP contribution in [0.25, 0.3) is 0 Å². The van der Waals surface area contributed by atoms with E-state index >= 15 is 0 Å². The van der Waals surface area contributed by atoms with Gasteiger partial charge in [0, 0.05) is 11.7 Å². The lowest BCUT2D eigenvalue weighted by molar-refractivity contribution is -0.187. The van der Waals surface area contributed by atoms with Crippen molar-refractivity contribution >= 4 is 5.91 Å². The van der Waals surface area contributed by atoms with Crippen LogP contribution in [0.4, 0.5) is 13.2 Å². The van der Waals surface area contributed by atoms with Gasteiger partial charge >= 0.3 is 6.18 Å². The minimum Gasteiger partial charge on any atom is -0.347 e. The molecule has 0 radical (unpaired) electrons. The third-order valence-electron chi connectivity index (χ3n) is 3.62. The van der Waals surface area contributed by atoms with Gasteiger partial charge in [-0.2, -0.15) is 13.2 Å². The Bertz CT molecular complexity index is 488. The lowest BCUT2D eigenvalue weighted by atomic mass is 9.84. The Morgan fingerprint density at radius 1 is 1.30 bits per heavy atom. The molecular weight excluding hydrogens is 269 g/mol. The summed E-state index contributed by atoms with van der Waals surface area (Å²) < 4.78 is 38.8. The second-order valence-corrected chi connectivity index (χ2v) is 5.18. The number of hydrogen-bond acceptors (Lipinski definition) is 2. The zero-order valence-electron chi connectivity index (χ0n) is 11.2. The summed E-state index contributed by atoms with van der Waals surface area (Å²) in [4.78, 5) is 16.0. The van der Waals surface area contributed by atoms with Gasteiger partial charge in [-0.15, -0.1) is 0 Å². The first kappa shape index (κ1) is 14.8. The molecule has 1 saturated carbocycles. The molecule has 2 atom stereocenters. The van der Waals surface area contributed by atoms with E-state index < -0.39 is 24.0 Å². The largest absolute Gasteiger partial charge is 0.393 e. The number of alkyl halides is 3. The smallest absolute Gasteiger partial charge is 0.347 e. The zero-order chi connectivity index (χ0) is 14.8. The van der Waals surface area contributed by atoms with Gasteiger partial charge in [-0.1, -0.05) is 18.9 Å². The Labute approximate surface area is 115 Å². The zero-order valence-corrected chi connectivity index (χ0v) is 11.2. The summed E-state index contributed by atoms with van der Waals surface area (Å²) in [5.74, 6) is -1.99. The van der Waals surface area contributed by atoms with Crippen molar-refractivity contribution in [3.8, 4) is 0 Å². The summed E-state index contributed by atoms with van der Waals surface area (Å²) in [5, 5.41) is 2.50. The number of aromatic nitrogens is 1. The fraction of sp³-hybridized carbons (Fsp3) is 0.571. The standard InChI is InChI=1S/C14H17F3N2O/c1-9-5-4-8-12(18-9)13(20)19-11-7-3-2-6-10(11)14(15,16)17/h4-5,8,10-11H,2-3,6-7H2,1H3,(H,19,20)/t10-,11+/m0/s1. The summed E-state index contributed by atoms with van der Waals surface area (Å²) >= 11 is 0. The van der Waals surface area contributed by atoms with Gasteiger partial charge in [0.05, 0.1) is 5.92 Å². The van der Waals surface area contributed by atoms with Crippen LogP contribution >= 0.6 is 0 Å². The van der Waals surface area contributed by atoms with Crippen molar-refractivity contribution in [2.24, 2.45) is 5.92 Å². The van der Waals surface area contributed by atoms with E-state index in [4.69, 9.17) is 0 Å². The molecule has 0 unspecified atom stereocenters. The third kappa shape index (κ3) is 3.49. The molecule has 0 bridgehead atoms. The minimum absolute atomic E-state index is 0.0791. The molecule has 1 heterocycles. The Morgan fingerprint density at radius 3 is 2.65 bits per heavy atom. The number of hydrogen-bond donors (Lipinski definition) is 1. The lowest BCUT2D eigenvalue weighted by Gasteiger charge is -2.33. The van der Waals surface area contributed by atoms with Crippen molar-refractivity contribution in [2.45, 2.75) is 44.8 Å². The number of halogens is 3. The van der Waals surface area contributed by atoms with Crippen LogP contribution in [0, 0.1) is 12.8 Å². The van der Waals surface area contributed by atoms with Gasteiger partial charge in [0.2, 0.25) is 0 Å². The Morgan fingerprint density at radius 2 is 2.00 bits per heavy atom. The van der Waals surface area contributed by atoms with Crippen LogP contribution in [-0.2, 0) is 0 Å². The fourth-order valence-electron chi connectivity index (χ4n) is 2.61. The first-order chi connectivity index (χ1) is 9.38. The molecule has 20 heavy (non-hydrogen) atoms. The van der Waals surface area contributed by atoms with Crippen molar-refractivity contribution in [1.82, 2.24) is 10.3 Å². The van der Waals surface area contributed by atoms with Crippen LogP contribution < -0.4 is 5.32 Å². The highest BCUT2D eigenvalue weighted by atomic mass is 19.4. The lowest BCUT2D eigenvalue weighted by Crippen LogP contribution is -2.47. The summed E-state index contributed by atoms with van der Waals surface area (Å²) in [7, 11) is 0. The molecule has 1 aliphatic carbocycles. The molecule has 0 spiro atoms. The highest BCUT2D eigenvalue weighted by Gasteiger charge is 2.46. The SMILES string of the molecule is Cc1cccc(C(=O)N[C@@H]2CCCC[C@@H]2C(F)(F)F)n1. The first-order valence-corrected chi connectivity index (χ1v) is 6.69. The molecular formula is C14H17F3N2O. The Balaban J connectivity index is 2.09. The first-order valence-electron chi connectivity index (χ1n) is 6.69. The molecule has 1 aromatic rings. The molecule has 1 aromatic heterocycles. The molecule has 6 heteroatoms. The second kappa shape index (κ2) is 5.81. The topological polar surface area (TPSA) is 42.0 Å². The summed E-state index contributed by atoms with van der Waals surface area (Å²) in [6, 6.07) is 4.06. The second-order valence-electron chi connectivity index (χ2n) is 5.18. The maximum Gasteiger partial charge on any atom is 0.393 e. The predicted octanol–water partition coefficient (Wildman–Crippen LogP) is 3.24. The van der Waals surface area contributed by atoms with E-state index in [2.05, 4.69) is 10.3 Å². The van der Waals surface area contributed by atoms with Crippen LogP contribution in [-0.4, -0.2) is 23.1 Å². The van der Waals surface area contributed by atoms with E-state index in [9.17, 15) is 18.0 Å². The number of nitrogens with one attached hydrogen (secondary N) is 1. The Kier molecular flexibility index (Phi) is 4.30. The molecule has 0 aliphatic heterocycles. The van der Waals surface area contributed by atoms with Crippen molar-refractivity contribution in [1.29, 1.82) is 0 Å². The number of carbonyl (C=O) groups is 1. The van der Waals surface area contributed by atoms with Gasteiger partial charge in [-0.25, -0.2) is 4.98 Å². The van der Waals surface area contributed by atoms with E-state index in [0.717, 1.165) is 0 Å². The van der Waals surface area contributed by atoms with Gasteiger partial charge in [-0.3, -0.25) is 4.79 Å². The molecule has 1 N–H and O–H groups in total. The quantitative estimate of drug-likeness (QED) is 0.907. The molecule has 1 amide bonds. The summed E-state index contributed by atoms with van der Waals surface area (Å²) in [6.07, 6.45) is -2.56. The molecule has 1 fully saturated rings. The normalized spacial score (nSPS) is 23.4. The predicted molar refractivity (Wildman–Crippen MR) is 68.2 cm³/mol. The average molecular weight is 286 g/mol. The highest BCUT2D eigenvalue weighted by Crippen LogP contribution is 2.37. The van der Waals surface area contributed by atoms with Gasteiger partial charge < -0.3 is 5.32 Å². The molecule has 1 aliphatic rings. The fourth-order valence-corrected chi connectivity index (χ4v) is 2.61. The molecule has 110 valence electrons. The van der Waals surface area contributed by atoms with Crippen LogP contribution in [0.1, 0.15) is 41.9 Å². The average Bonchev–Trinajstić information content (AvgIpc) is 2.38. The third-order valence-corrected chi connectivity index (χ3v) is 3.62. The molecule has 2 rings (SSSR count). The number of carbonyl (C=O) groups excluding carboxylic acids is 1. The monoisotopic (exact) mass is 286 g/mol. The maximum absolute atomic E-state index is 12.9. The number of aryl methyl sites for hydroxylation is 1. The number of nitrogens with zero attached hydrogens (tertiary/aromatic N) is 1. The molecule has 0 aromatic carbocycles. The minimum atomic E-state index is -4.27. The summed E-state index contributed by atoms with van der Waals surface area (Å²) in [5.41, 5.74) is 0.824. The van der Waals surface area contributed by atoms with Gasteiger partial charge in [0.15, 0.2) is 0 Å². The van der Waals surface area contributed by atoms with E-state index in [1.165, 1.54) is 6.07 Å². The molecule has 0 saturated heterocycles. The van der Waals surface area contributed by atoms with Crippen LogP contribution in [0.15, 0.2) is 18.2 Å². The van der Waals surface area contributed by atoms with Gasteiger partial charge in [-0.05, 0) is 31.9 Å². The van der Waals surface area contributed by atoms with E-state index in [1.807, 2.05) is 0 Å². The van der Waals surface area contributed by atoms with Crippen LogP contribution in [0.5, 0.6) is 0 Å². The van der Waals surface area contributed by atoms with E-state index in [0.29, 0.717) is 25.0 Å². The van der Waals surface area contributed by atoms with Crippen molar-refractivity contribution in [3.05, 3.63) is 29.6 Å². The molecule has 3 nitrogen and oxygen atoms in total. The Hall–Kier alpha value is -1.59. The van der Waals surface area contributed by atoms with Crippen molar-refractivity contribution in [3.63, 3.8) is 0 Å². The van der Waals surface area contributed by atoms with E-state index in [-0.39, 0.29) is 12.1 Å². The van der Waals surface area contributed by atoms with E-state index in [1.54, 1.807) is 19.1 Å². The van der Waals surface area contributed by atoms with Gasteiger partial charge in [0.1, 0.15) is 5.69 Å². The number of pyridine rings is 1. The summed E-state index contributed by atoms with van der Waals surface area (Å²) in [6.45, 7) is 1.73. The number of amides is 1. The number of rotatable bonds is 2.